The lowest BCUT2D eigenvalue weighted by atomic mass is 10.3. The average Bonchev–Trinajstić information content (AvgIpc) is 2.62. The molecule has 0 aromatic carbocycles. The largest absolute Gasteiger partial charge is 0.390 e. The Labute approximate surface area is 102 Å². The average molecular weight is 267 g/mol. The molecule has 0 aliphatic rings. The first-order valence-corrected chi connectivity index (χ1v) is 6.17. The normalized spacial score (nSPS) is 12.4. The summed E-state index contributed by atoms with van der Waals surface area (Å²) in [6.07, 6.45) is -4.17. The highest BCUT2D eigenvalue weighted by Gasteiger charge is 2.27. The number of nitrogens with zero attached hydrogens (tertiary/aromatic N) is 2. The Morgan fingerprint density at radius 3 is 2.76 bits per heavy atom. The van der Waals surface area contributed by atoms with Gasteiger partial charge in [-0.15, -0.1) is 11.3 Å². The third-order valence-electron chi connectivity index (χ3n) is 2.17. The number of nitrogens with two attached hydrogens (primary N) is 1. The first kappa shape index (κ1) is 14.4. The molecule has 0 aliphatic carbocycles. The lowest BCUT2D eigenvalue weighted by Gasteiger charge is -2.16. The summed E-state index contributed by atoms with van der Waals surface area (Å²) in [4.78, 5) is 5.92. The maximum absolute atomic E-state index is 12.0. The van der Waals surface area contributed by atoms with Gasteiger partial charge in [-0.25, -0.2) is 4.98 Å². The molecule has 1 heterocycles. The first-order chi connectivity index (χ1) is 7.90. The molecule has 2 N–H and O–H groups in total. The molecular formula is C10H16F3N3S. The van der Waals surface area contributed by atoms with E-state index in [1.54, 1.807) is 11.9 Å². The highest BCUT2D eigenvalue weighted by molar-refractivity contribution is 7.09. The zero-order valence-electron chi connectivity index (χ0n) is 9.63. The molecule has 1 aromatic rings. The van der Waals surface area contributed by atoms with Crippen molar-refractivity contribution in [3.8, 4) is 0 Å². The van der Waals surface area contributed by atoms with Crippen LogP contribution in [0, 0.1) is 0 Å². The second kappa shape index (κ2) is 6.32. The van der Waals surface area contributed by atoms with Crippen molar-refractivity contribution in [3.63, 3.8) is 0 Å². The Bertz CT molecular complexity index is 338. The van der Waals surface area contributed by atoms with Crippen LogP contribution in [0.25, 0.3) is 0 Å². The molecule has 0 spiro atoms. The van der Waals surface area contributed by atoms with Crippen LogP contribution in [-0.2, 0) is 13.0 Å². The van der Waals surface area contributed by atoms with Gasteiger partial charge in [-0.2, -0.15) is 13.2 Å². The molecule has 98 valence electrons. The van der Waals surface area contributed by atoms with Gasteiger partial charge in [-0.3, -0.25) is 0 Å². The Kier molecular flexibility index (Phi) is 5.35. The van der Waals surface area contributed by atoms with Crippen LogP contribution in [0.5, 0.6) is 0 Å². The van der Waals surface area contributed by atoms with Crippen molar-refractivity contribution in [2.24, 2.45) is 5.73 Å². The second-order valence-electron chi connectivity index (χ2n) is 3.87. The Morgan fingerprint density at radius 1 is 1.47 bits per heavy atom. The molecule has 0 bridgehead atoms. The van der Waals surface area contributed by atoms with Crippen molar-refractivity contribution in [1.82, 2.24) is 9.88 Å². The second-order valence-corrected chi connectivity index (χ2v) is 4.82. The number of aromatic nitrogens is 1. The van der Waals surface area contributed by atoms with Crippen LogP contribution in [0.1, 0.15) is 17.1 Å². The van der Waals surface area contributed by atoms with E-state index in [0.717, 1.165) is 17.1 Å². The van der Waals surface area contributed by atoms with E-state index in [9.17, 15) is 13.2 Å². The minimum atomic E-state index is -4.10. The predicted molar refractivity (Wildman–Crippen MR) is 61.9 cm³/mol. The number of rotatable bonds is 6. The number of hydrogen-bond donors (Lipinski definition) is 1. The lowest BCUT2D eigenvalue weighted by Crippen LogP contribution is -2.24. The SMILES string of the molecule is CN(CCC(F)(F)F)Cc1csc(CCN)n1. The molecule has 1 rings (SSSR count). The van der Waals surface area contributed by atoms with Crippen molar-refractivity contribution in [1.29, 1.82) is 0 Å². The molecule has 0 fully saturated rings. The summed E-state index contributed by atoms with van der Waals surface area (Å²) in [5, 5.41) is 2.81. The van der Waals surface area contributed by atoms with E-state index < -0.39 is 12.6 Å². The third-order valence-corrected chi connectivity index (χ3v) is 3.12. The molecular weight excluding hydrogens is 251 g/mol. The van der Waals surface area contributed by atoms with Crippen LogP contribution < -0.4 is 5.73 Å². The van der Waals surface area contributed by atoms with Gasteiger partial charge in [0.05, 0.1) is 17.1 Å². The molecule has 17 heavy (non-hydrogen) atoms. The molecule has 7 heteroatoms. The summed E-state index contributed by atoms with van der Waals surface area (Å²) >= 11 is 1.50. The van der Waals surface area contributed by atoms with E-state index in [1.807, 2.05) is 5.38 Å². The van der Waals surface area contributed by atoms with Crippen LogP contribution in [0.15, 0.2) is 5.38 Å². The molecule has 0 atom stereocenters. The lowest BCUT2D eigenvalue weighted by molar-refractivity contribution is -0.137. The van der Waals surface area contributed by atoms with Gasteiger partial charge >= 0.3 is 6.18 Å². The van der Waals surface area contributed by atoms with Crippen molar-refractivity contribution >= 4 is 11.3 Å². The van der Waals surface area contributed by atoms with Gasteiger partial charge in [0.15, 0.2) is 0 Å². The summed E-state index contributed by atoms with van der Waals surface area (Å²) in [5.74, 6) is 0. The van der Waals surface area contributed by atoms with Crippen molar-refractivity contribution in [2.75, 3.05) is 20.1 Å². The van der Waals surface area contributed by atoms with E-state index in [-0.39, 0.29) is 6.54 Å². The monoisotopic (exact) mass is 267 g/mol. The number of thiazole rings is 1. The van der Waals surface area contributed by atoms with Gasteiger partial charge in [-0.05, 0) is 13.6 Å². The van der Waals surface area contributed by atoms with Crippen LogP contribution in [0.4, 0.5) is 13.2 Å². The molecule has 0 radical (unpaired) electrons. The highest BCUT2D eigenvalue weighted by atomic mass is 32.1. The molecule has 0 saturated carbocycles. The maximum atomic E-state index is 12.0. The fraction of sp³-hybridized carbons (Fsp3) is 0.700. The first-order valence-electron chi connectivity index (χ1n) is 5.29. The number of halogens is 3. The topological polar surface area (TPSA) is 42.1 Å². The molecule has 0 aliphatic heterocycles. The van der Waals surface area contributed by atoms with E-state index in [1.165, 1.54) is 11.3 Å². The van der Waals surface area contributed by atoms with Gasteiger partial charge in [0.25, 0.3) is 0 Å². The van der Waals surface area contributed by atoms with E-state index >= 15 is 0 Å². The van der Waals surface area contributed by atoms with Crippen molar-refractivity contribution in [2.45, 2.75) is 25.6 Å². The Balaban J connectivity index is 2.36. The van der Waals surface area contributed by atoms with Crippen molar-refractivity contribution < 1.29 is 13.2 Å². The number of hydrogen-bond acceptors (Lipinski definition) is 4. The molecule has 1 aromatic heterocycles. The van der Waals surface area contributed by atoms with Gasteiger partial charge in [-0.1, -0.05) is 0 Å². The standard InChI is InChI=1S/C10H16F3N3S/c1-16(5-3-10(11,12)13)6-8-7-17-9(15-8)2-4-14/h7H,2-6,14H2,1H3. The summed E-state index contributed by atoms with van der Waals surface area (Å²) in [6, 6.07) is 0. The van der Waals surface area contributed by atoms with Crippen LogP contribution in [0.2, 0.25) is 0 Å². The summed E-state index contributed by atoms with van der Waals surface area (Å²) in [5.41, 5.74) is 6.21. The molecule has 0 saturated heterocycles. The molecule has 0 unspecified atom stereocenters. The zero-order valence-corrected chi connectivity index (χ0v) is 10.4. The summed E-state index contributed by atoms with van der Waals surface area (Å²) in [7, 11) is 1.66. The Hall–Kier alpha value is -0.660. The van der Waals surface area contributed by atoms with Crippen molar-refractivity contribution in [3.05, 3.63) is 16.1 Å². The van der Waals surface area contributed by atoms with Crippen LogP contribution in [-0.4, -0.2) is 36.2 Å². The van der Waals surface area contributed by atoms with E-state index in [2.05, 4.69) is 4.98 Å². The predicted octanol–water partition coefficient (Wildman–Crippen LogP) is 2.03. The van der Waals surface area contributed by atoms with Crippen LogP contribution in [0.3, 0.4) is 0 Å². The summed E-state index contributed by atoms with van der Waals surface area (Å²) in [6.45, 7) is 0.973. The van der Waals surface area contributed by atoms with Gasteiger partial charge in [0.2, 0.25) is 0 Å². The van der Waals surface area contributed by atoms with E-state index in [0.29, 0.717) is 13.1 Å². The number of alkyl halides is 3. The fourth-order valence-corrected chi connectivity index (χ4v) is 2.14. The minimum Gasteiger partial charge on any atom is -0.330 e. The molecule has 0 amide bonds. The van der Waals surface area contributed by atoms with E-state index in [4.69, 9.17) is 5.73 Å². The fourth-order valence-electron chi connectivity index (χ4n) is 1.33. The summed E-state index contributed by atoms with van der Waals surface area (Å²) < 4.78 is 36.0. The van der Waals surface area contributed by atoms with Gasteiger partial charge in [0.1, 0.15) is 0 Å². The van der Waals surface area contributed by atoms with Crippen LogP contribution >= 0.6 is 11.3 Å². The highest BCUT2D eigenvalue weighted by Crippen LogP contribution is 2.20. The van der Waals surface area contributed by atoms with Gasteiger partial charge in [0, 0.05) is 24.9 Å². The quantitative estimate of drug-likeness (QED) is 0.857. The molecule has 3 nitrogen and oxygen atoms in total. The maximum Gasteiger partial charge on any atom is 0.390 e. The smallest absolute Gasteiger partial charge is 0.330 e. The third kappa shape index (κ3) is 5.99. The van der Waals surface area contributed by atoms with Gasteiger partial charge < -0.3 is 10.6 Å². The zero-order chi connectivity index (χ0) is 12.9. The Morgan fingerprint density at radius 2 is 2.18 bits per heavy atom. The minimum absolute atomic E-state index is 0.00670.